The molecule has 0 aromatic heterocycles. The van der Waals surface area contributed by atoms with Gasteiger partial charge in [0.25, 0.3) is 0 Å². The second-order valence-corrected chi connectivity index (χ2v) is 4.48. The van der Waals surface area contributed by atoms with Crippen LogP contribution in [0.4, 0.5) is 0 Å². The van der Waals surface area contributed by atoms with Gasteiger partial charge >= 0.3 is 0 Å². The lowest BCUT2D eigenvalue weighted by Crippen LogP contribution is -2.32. The van der Waals surface area contributed by atoms with Gasteiger partial charge in [0.15, 0.2) is 0 Å². The highest BCUT2D eigenvalue weighted by Crippen LogP contribution is 2.31. The van der Waals surface area contributed by atoms with E-state index in [0.717, 1.165) is 6.42 Å². The molecule has 0 saturated heterocycles. The molecule has 1 N–H and O–H groups in total. The van der Waals surface area contributed by atoms with E-state index in [2.05, 4.69) is 44.7 Å². The predicted octanol–water partition coefficient (Wildman–Crippen LogP) is 2.50. The highest BCUT2D eigenvalue weighted by molar-refractivity contribution is 5.35. The lowest BCUT2D eigenvalue weighted by atomic mass is 10.1. The second-order valence-electron chi connectivity index (χ2n) is 4.48. The van der Waals surface area contributed by atoms with Crippen molar-refractivity contribution in [2.75, 3.05) is 14.1 Å². The van der Waals surface area contributed by atoms with Gasteiger partial charge < -0.3 is 10.2 Å². The first-order chi connectivity index (χ1) is 6.52. The normalized spacial score (nSPS) is 20.2. The molecule has 0 bridgehead atoms. The zero-order chi connectivity index (χ0) is 10.7. The zero-order valence-electron chi connectivity index (χ0n) is 9.85. The minimum atomic E-state index is 0.480. The third-order valence-electron chi connectivity index (χ3n) is 2.49. The van der Waals surface area contributed by atoms with Crippen LogP contribution in [0.3, 0.4) is 0 Å². The number of nitrogens with one attached hydrogen (secondary N) is 1. The minimum Gasteiger partial charge on any atom is -0.369 e. The smallest absolute Gasteiger partial charge is 0.104 e. The average molecular weight is 194 g/mol. The number of hydrogen-bond acceptors (Lipinski definition) is 2. The van der Waals surface area contributed by atoms with Crippen LogP contribution in [-0.4, -0.2) is 25.0 Å². The van der Waals surface area contributed by atoms with Crippen LogP contribution in [0, 0.1) is 0 Å². The molecule has 0 aliphatic heterocycles. The van der Waals surface area contributed by atoms with Crippen molar-refractivity contribution in [1.29, 1.82) is 0 Å². The quantitative estimate of drug-likeness (QED) is 0.742. The Balaban J connectivity index is 2.89. The molecule has 0 amide bonds. The minimum absolute atomic E-state index is 0.480. The summed E-state index contributed by atoms with van der Waals surface area (Å²) < 4.78 is 0. The largest absolute Gasteiger partial charge is 0.369 e. The molecule has 0 radical (unpaired) electrons. The summed E-state index contributed by atoms with van der Waals surface area (Å²) in [6.45, 7) is 8.46. The van der Waals surface area contributed by atoms with E-state index in [1.807, 2.05) is 0 Å². The summed E-state index contributed by atoms with van der Waals surface area (Å²) in [6, 6.07) is 0.480. The van der Waals surface area contributed by atoms with Gasteiger partial charge in [-0.3, -0.25) is 0 Å². The summed E-state index contributed by atoms with van der Waals surface area (Å²) in [4.78, 5) is 2.16. The maximum absolute atomic E-state index is 4.12. The monoisotopic (exact) mass is 194 g/mol. The Hall–Kier alpha value is -0.920. The molecule has 1 rings (SSSR count). The van der Waals surface area contributed by atoms with Gasteiger partial charge in [-0.15, -0.1) is 0 Å². The fourth-order valence-corrected chi connectivity index (χ4v) is 1.85. The number of hydrogen-bond donors (Lipinski definition) is 1. The third-order valence-corrected chi connectivity index (χ3v) is 2.49. The van der Waals surface area contributed by atoms with Gasteiger partial charge in [-0.05, 0) is 44.3 Å². The first-order valence-electron chi connectivity index (χ1n) is 5.37. The van der Waals surface area contributed by atoms with E-state index in [1.54, 1.807) is 0 Å². The lowest BCUT2D eigenvalue weighted by molar-refractivity contribution is 0.433. The molecular formula is C12H22N2. The SMILES string of the molecule is C=C1CCC/C1=C(\NC(C)C)N(C)C. The lowest BCUT2D eigenvalue weighted by Gasteiger charge is -2.24. The summed E-state index contributed by atoms with van der Waals surface area (Å²) in [5, 5.41) is 3.50. The molecular weight excluding hydrogens is 172 g/mol. The zero-order valence-corrected chi connectivity index (χ0v) is 9.85. The first-order valence-corrected chi connectivity index (χ1v) is 5.37. The van der Waals surface area contributed by atoms with Crippen LogP contribution in [0.25, 0.3) is 0 Å². The van der Waals surface area contributed by atoms with E-state index in [9.17, 15) is 0 Å². The van der Waals surface area contributed by atoms with Crippen molar-refractivity contribution >= 4 is 0 Å². The van der Waals surface area contributed by atoms with Gasteiger partial charge in [-0.1, -0.05) is 6.58 Å². The van der Waals surface area contributed by atoms with Gasteiger partial charge in [0, 0.05) is 20.1 Å². The van der Waals surface area contributed by atoms with Gasteiger partial charge in [-0.2, -0.15) is 0 Å². The molecule has 1 fully saturated rings. The van der Waals surface area contributed by atoms with Gasteiger partial charge in [0.1, 0.15) is 5.82 Å². The van der Waals surface area contributed by atoms with Crippen LogP contribution >= 0.6 is 0 Å². The van der Waals surface area contributed by atoms with Gasteiger partial charge in [-0.25, -0.2) is 0 Å². The standard InChI is InChI=1S/C12H22N2/c1-9(2)13-12(14(4)5)11-8-6-7-10(11)3/h9,13H,3,6-8H2,1-2,4-5H3/b12-11-. The molecule has 0 heterocycles. The molecule has 2 heteroatoms. The van der Waals surface area contributed by atoms with Crippen LogP contribution in [0.1, 0.15) is 33.1 Å². The van der Waals surface area contributed by atoms with Crippen molar-refractivity contribution in [3.63, 3.8) is 0 Å². The molecule has 14 heavy (non-hydrogen) atoms. The Kier molecular flexibility index (Phi) is 3.62. The predicted molar refractivity (Wildman–Crippen MR) is 62.0 cm³/mol. The summed E-state index contributed by atoms with van der Waals surface area (Å²) in [6.07, 6.45) is 3.59. The Bertz CT molecular complexity index is 249. The highest BCUT2D eigenvalue weighted by Gasteiger charge is 2.17. The van der Waals surface area contributed by atoms with Crippen molar-refractivity contribution in [1.82, 2.24) is 10.2 Å². The Labute approximate surface area is 87.7 Å². The average Bonchev–Trinajstić information content (AvgIpc) is 2.46. The molecule has 0 aromatic rings. The molecule has 80 valence electrons. The van der Waals surface area contributed by atoms with Gasteiger partial charge in [0.2, 0.25) is 0 Å². The van der Waals surface area contributed by atoms with Gasteiger partial charge in [0.05, 0.1) is 0 Å². The van der Waals surface area contributed by atoms with Crippen molar-refractivity contribution in [2.45, 2.75) is 39.2 Å². The summed E-state index contributed by atoms with van der Waals surface area (Å²) in [5.74, 6) is 1.25. The van der Waals surface area contributed by atoms with Crippen molar-refractivity contribution < 1.29 is 0 Å². The maximum Gasteiger partial charge on any atom is 0.104 e. The number of rotatable bonds is 3. The second kappa shape index (κ2) is 4.54. The molecule has 1 aliphatic rings. The summed E-state index contributed by atoms with van der Waals surface area (Å²) >= 11 is 0. The molecule has 0 aromatic carbocycles. The molecule has 1 saturated carbocycles. The fourth-order valence-electron chi connectivity index (χ4n) is 1.85. The Morgan fingerprint density at radius 1 is 1.36 bits per heavy atom. The molecule has 0 unspecified atom stereocenters. The van der Waals surface area contributed by atoms with E-state index >= 15 is 0 Å². The van der Waals surface area contributed by atoms with Crippen LogP contribution in [0.5, 0.6) is 0 Å². The van der Waals surface area contributed by atoms with Crippen LogP contribution in [0.15, 0.2) is 23.5 Å². The van der Waals surface area contributed by atoms with E-state index in [4.69, 9.17) is 0 Å². The molecule has 0 spiro atoms. The topological polar surface area (TPSA) is 15.3 Å². The van der Waals surface area contributed by atoms with E-state index < -0.39 is 0 Å². The fraction of sp³-hybridized carbons (Fsp3) is 0.667. The van der Waals surface area contributed by atoms with Crippen molar-refractivity contribution in [3.05, 3.63) is 23.5 Å². The summed E-state index contributed by atoms with van der Waals surface area (Å²) in [7, 11) is 4.17. The third kappa shape index (κ3) is 2.53. The first kappa shape index (κ1) is 11.2. The van der Waals surface area contributed by atoms with Crippen LogP contribution in [0.2, 0.25) is 0 Å². The maximum atomic E-state index is 4.12. The van der Waals surface area contributed by atoms with Crippen molar-refractivity contribution in [2.24, 2.45) is 0 Å². The molecule has 0 atom stereocenters. The number of nitrogens with zero attached hydrogens (tertiary/aromatic N) is 1. The van der Waals surface area contributed by atoms with Crippen LogP contribution in [-0.2, 0) is 0 Å². The summed E-state index contributed by atoms with van der Waals surface area (Å²) in [5.41, 5.74) is 2.73. The Morgan fingerprint density at radius 2 is 2.00 bits per heavy atom. The Morgan fingerprint density at radius 3 is 2.36 bits per heavy atom. The van der Waals surface area contributed by atoms with Crippen LogP contribution < -0.4 is 5.32 Å². The highest BCUT2D eigenvalue weighted by atomic mass is 15.2. The molecule has 1 aliphatic carbocycles. The number of allylic oxidation sites excluding steroid dienone is 2. The van der Waals surface area contributed by atoms with E-state index in [1.165, 1.54) is 29.8 Å². The van der Waals surface area contributed by atoms with Crippen molar-refractivity contribution in [3.8, 4) is 0 Å². The van der Waals surface area contributed by atoms with E-state index in [-0.39, 0.29) is 0 Å². The van der Waals surface area contributed by atoms with E-state index in [0.29, 0.717) is 6.04 Å². The molecule has 2 nitrogen and oxygen atoms in total.